The summed E-state index contributed by atoms with van der Waals surface area (Å²) in [5, 5.41) is -0.175. The molecule has 0 saturated heterocycles. The van der Waals surface area contributed by atoms with Gasteiger partial charge in [0, 0.05) is 12.1 Å². The monoisotopic (exact) mass is 568 g/mol. The molecule has 4 rings (SSSR count). The molecule has 7 nitrogen and oxygen atoms in total. The molecule has 1 heterocycles. The van der Waals surface area contributed by atoms with Gasteiger partial charge in [-0.15, -0.1) is 0 Å². The Morgan fingerprint density at radius 2 is 1.56 bits per heavy atom. The fraction of sp³-hybridized carbons (Fsp3) is 0.226. The number of halogens is 3. The first-order chi connectivity index (χ1) is 19.5. The van der Waals surface area contributed by atoms with Crippen LogP contribution in [-0.4, -0.2) is 19.2 Å². The van der Waals surface area contributed by atoms with Gasteiger partial charge in [-0.05, 0) is 86.9 Å². The highest BCUT2D eigenvalue weighted by Gasteiger charge is 2.40. The minimum Gasteiger partial charge on any atom is -0.490 e. The van der Waals surface area contributed by atoms with Gasteiger partial charge in [-0.2, -0.15) is 13.2 Å². The Bertz CT molecular complexity index is 1650. The highest BCUT2D eigenvalue weighted by atomic mass is 19.4. The Labute approximate surface area is 233 Å². The number of carbonyl (C=O) groups is 1. The van der Waals surface area contributed by atoms with Crippen molar-refractivity contribution in [2.24, 2.45) is 0 Å². The van der Waals surface area contributed by atoms with E-state index in [0.29, 0.717) is 30.3 Å². The lowest BCUT2D eigenvalue weighted by Crippen LogP contribution is -2.15. The molecule has 0 aliphatic rings. The molecule has 214 valence electrons. The number of esters is 1. The molecule has 0 spiro atoms. The molecular weight excluding hydrogens is 541 g/mol. The van der Waals surface area contributed by atoms with Crippen molar-refractivity contribution in [2.75, 3.05) is 13.2 Å². The highest BCUT2D eigenvalue weighted by molar-refractivity contribution is 5.89. The predicted molar refractivity (Wildman–Crippen MR) is 147 cm³/mol. The Morgan fingerprint density at radius 1 is 0.878 bits per heavy atom. The van der Waals surface area contributed by atoms with Gasteiger partial charge in [0.1, 0.15) is 17.1 Å². The second kappa shape index (κ2) is 12.2. The van der Waals surface area contributed by atoms with Crippen molar-refractivity contribution in [1.82, 2.24) is 0 Å². The molecule has 3 aromatic carbocycles. The van der Waals surface area contributed by atoms with Gasteiger partial charge in [0.2, 0.25) is 11.2 Å². The predicted octanol–water partition coefficient (Wildman–Crippen LogP) is 7.64. The average Bonchev–Trinajstić information content (AvgIpc) is 2.89. The SMILES string of the molecule is CCOc1ccc(/C=C/C(=O)Oc2ccc3c(=O)c(Oc4cc(C)cc(C)c4)c(C(F)(F)F)oc3c2)cc1OCC. The molecule has 0 fully saturated rings. The number of aryl methyl sites for hydroxylation is 2. The van der Waals surface area contributed by atoms with Crippen LogP contribution >= 0.6 is 0 Å². The lowest BCUT2D eigenvalue weighted by atomic mass is 10.1. The molecule has 10 heteroatoms. The van der Waals surface area contributed by atoms with Crippen molar-refractivity contribution in [3.63, 3.8) is 0 Å². The van der Waals surface area contributed by atoms with Crippen LogP contribution in [0.25, 0.3) is 17.0 Å². The van der Waals surface area contributed by atoms with Crippen LogP contribution in [-0.2, 0) is 11.0 Å². The molecule has 0 aliphatic carbocycles. The summed E-state index contributed by atoms with van der Waals surface area (Å²) in [6.07, 6.45) is -2.40. The molecule has 0 saturated carbocycles. The maximum absolute atomic E-state index is 13.9. The largest absolute Gasteiger partial charge is 0.490 e. The first kappa shape index (κ1) is 29.3. The topological polar surface area (TPSA) is 84.2 Å². The van der Waals surface area contributed by atoms with E-state index >= 15 is 0 Å². The summed E-state index contributed by atoms with van der Waals surface area (Å²) in [6, 6.07) is 13.5. The van der Waals surface area contributed by atoms with Crippen LogP contribution in [0.1, 0.15) is 36.3 Å². The third-order valence-electron chi connectivity index (χ3n) is 5.69. The molecule has 0 atom stereocenters. The second-order valence-electron chi connectivity index (χ2n) is 9.00. The number of fused-ring (bicyclic) bond motifs is 1. The number of hydrogen-bond donors (Lipinski definition) is 0. The maximum atomic E-state index is 13.9. The summed E-state index contributed by atoms with van der Waals surface area (Å²) >= 11 is 0. The van der Waals surface area contributed by atoms with Gasteiger partial charge in [-0.3, -0.25) is 4.79 Å². The minimum atomic E-state index is -5.03. The quantitative estimate of drug-likeness (QED) is 0.117. The molecule has 0 unspecified atom stereocenters. The lowest BCUT2D eigenvalue weighted by molar-refractivity contribution is -0.154. The van der Waals surface area contributed by atoms with Crippen LogP contribution in [0.3, 0.4) is 0 Å². The summed E-state index contributed by atoms with van der Waals surface area (Å²) in [4.78, 5) is 25.5. The van der Waals surface area contributed by atoms with E-state index in [2.05, 4.69) is 0 Å². The van der Waals surface area contributed by atoms with E-state index < -0.39 is 34.7 Å². The standard InChI is InChI=1S/C31H27F3O7/c1-5-37-24-11-7-20(16-26(24)38-6-2)8-12-27(35)39-21-9-10-23-25(17-21)41-30(31(32,33)34)29(28(23)36)40-22-14-18(3)13-19(4)15-22/h7-17H,5-6H2,1-4H3/b12-8+. The maximum Gasteiger partial charge on any atom is 0.453 e. The molecule has 41 heavy (non-hydrogen) atoms. The first-order valence-electron chi connectivity index (χ1n) is 12.7. The second-order valence-corrected chi connectivity index (χ2v) is 9.00. The van der Waals surface area contributed by atoms with Crippen molar-refractivity contribution in [1.29, 1.82) is 0 Å². The summed E-state index contributed by atoms with van der Waals surface area (Å²) in [6.45, 7) is 8.06. The summed E-state index contributed by atoms with van der Waals surface area (Å²) < 4.78 is 68.6. The van der Waals surface area contributed by atoms with E-state index in [1.54, 1.807) is 32.0 Å². The normalized spacial score (nSPS) is 11.6. The number of hydrogen-bond acceptors (Lipinski definition) is 7. The van der Waals surface area contributed by atoms with E-state index in [1.165, 1.54) is 30.3 Å². The Balaban J connectivity index is 1.61. The average molecular weight is 569 g/mol. The van der Waals surface area contributed by atoms with Crippen molar-refractivity contribution in [3.05, 3.63) is 93.3 Å². The molecule has 1 aromatic heterocycles. The molecular formula is C31H27F3O7. The zero-order chi connectivity index (χ0) is 29.7. The van der Waals surface area contributed by atoms with Crippen LogP contribution in [0.4, 0.5) is 13.2 Å². The minimum absolute atomic E-state index is 0.0675. The van der Waals surface area contributed by atoms with Crippen LogP contribution in [0, 0.1) is 13.8 Å². The number of alkyl halides is 3. The van der Waals surface area contributed by atoms with Crippen LogP contribution < -0.4 is 24.4 Å². The van der Waals surface area contributed by atoms with E-state index in [4.69, 9.17) is 23.4 Å². The van der Waals surface area contributed by atoms with Crippen molar-refractivity contribution < 1.29 is 41.3 Å². The third kappa shape index (κ3) is 7.08. The summed E-state index contributed by atoms with van der Waals surface area (Å²) in [5.74, 6) is -2.36. The van der Waals surface area contributed by atoms with Crippen molar-refractivity contribution >= 4 is 23.0 Å². The number of benzene rings is 3. The van der Waals surface area contributed by atoms with Crippen LogP contribution in [0.2, 0.25) is 0 Å². The lowest BCUT2D eigenvalue weighted by Gasteiger charge is -2.14. The molecule has 0 N–H and O–H groups in total. The van der Waals surface area contributed by atoms with Gasteiger partial charge < -0.3 is 23.4 Å². The molecule has 0 bridgehead atoms. The zero-order valence-corrected chi connectivity index (χ0v) is 22.8. The Hall–Kier alpha value is -4.73. The Morgan fingerprint density at radius 3 is 2.22 bits per heavy atom. The van der Waals surface area contributed by atoms with E-state index in [0.717, 1.165) is 23.3 Å². The van der Waals surface area contributed by atoms with E-state index in [1.807, 2.05) is 19.9 Å². The third-order valence-corrected chi connectivity index (χ3v) is 5.69. The molecule has 4 aromatic rings. The van der Waals surface area contributed by atoms with Gasteiger partial charge in [0.05, 0.1) is 18.6 Å². The number of rotatable bonds is 9. The smallest absolute Gasteiger partial charge is 0.453 e. The van der Waals surface area contributed by atoms with Gasteiger partial charge >= 0.3 is 12.1 Å². The van der Waals surface area contributed by atoms with Crippen LogP contribution in [0.5, 0.6) is 28.7 Å². The van der Waals surface area contributed by atoms with Gasteiger partial charge in [-0.25, -0.2) is 4.79 Å². The zero-order valence-electron chi connectivity index (χ0n) is 22.8. The van der Waals surface area contributed by atoms with Gasteiger partial charge in [-0.1, -0.05) is 12.1 Å². The van der Waals surface area contributed by atoms with Crippen molar-refractivity contribution in [3.8, 4) is 28.7 Å². The molecule has 0 amide bonds. The number of ether oxygens (including phenoxy) is 4. The number of carbonyl (C=O) groups excluding carboxylic acids is 1. The summed E-state index contributed by atoms with van der Waals surface area (Å²) in [7, 11) is 0. The fourth-order valence-corrected chi connectivity index (χ4v) is 4.09. The van der Waals surface area contributed by atoms with Crippen LogP contribution in [0.15, 0.2) is 69.9 Å². The van der Waals surface area contributed by atoms with Gasteiger partial charge in [0.15, 0.2) is 11.5 Å². The first-order valence-corrected chi connectivity index (χ1v) is 12.7. The highest BCUT2D eigenvalue weighted by Crippen LogP contribution is 2.39. The fourth-order valence-electron chi connectivity index (χ4n) is 4.09. The van der Waals surface area contributed by atoms with Gasteiger partial charge in [0.25, 0.3) is 5.76 Å². The Kier molecular flexibility index (Phi) is 8.71. The summed E-state index contributed by atoms with van der Waals surface area (Å²) in [5.41, 5.74) is 0.686. The van der Waals surface area contributed by atoms with E-state index in [9.17, 15) is 22.8 Å². The van der Waals surface area contributed by atoms with Crippen molar-refractivity contribution in [2.45, 2.75) is 33.9 Å². The molecule has 0 aliphatic heterocycles. The van der Waals surface area contributed by atoms with E-state index in [-0.39, 0.29) is 16.9 Å². The molecule has 0 radical (unpaired) electrons.